The van der Waals surface area contributed by atoms with Crippen LogP contribution >= 0.6 is 0 Å². The molecule has 1 aromatic rings. The highest BCUT2D eigenvalue weighted by Crippen LogP contribution is 2.01. The fraction of sp³-hybridized carbons (Fsp3) is 0.417. The Bertz CT molecular complexity index is 327. The highest BCUT2D eigenvalue weighted by molar-refractivity contribution is 5.80. The van der Waals surface area contributed by atoms with E-state index in [0.29, 0.717) is 6.54 Å². The van der Waals surface area contributed by atoms with Crippen molar-refractivity contribution in [2.24, 2.45) is 5.73 Å². The average Bonchev–Trinajstić information content (AvgIpc) is 2.30. The van der Waals surface area contributed by atoms with Crippen LogP contribution in [0.25, 0.3) is 0 Å². The summed E-state index contributed by atoms with van der Waals surface area (Å²) in [7, 11) is 1.56. The molecule has 0 fully saturated rings. The molecule has 3 N–H and O–H groups in total. The summed E-state index contributed by atoms with van der Waals surface area (Å²) in [5.41, 5.74) is 6.40. The molecule has 1 aromatic carbocycles. The number of carbonyl (C=O) groups excluding carboxylic acids is 1. The van der Waals surface area contributed by atoms with Gasteiger partial charge >= 0.3 is 0 Å². The zero-order chi connectivity index (χ0) is 12.0. The van der Waals surface area contributed by atoms with E-state index in [1.54, 1.807) is 7.11 Å². The lowest BCUT2D eigenvalue weighted by atomic mass is 10.1. The summed E-state index contributed by atoms with van der Waals surface area (Å²) >= 11 is 0. The third kappa shape index (κ3) is 3.64. The van der Waals surface area contributed by atoms with Crippen molar-refractivity contribution in [1.82, 2.24) is 5.32 Å². The van der Waals surface area contributed by atoms with E-state index >= 15 is 0 Å². The molecule has 0 spiro atoms. The van der Waals surface area contributed by atoms with Gasteiger partial charge in [0.25, 0.3) is 0 Å². The number of rotatable bonds is 6. The lowest BCUT2D eigenvalue weighted by Crippen LogP contribution is -2.48. The Morgan fingerprint density at radius 1 is 1.44 bits per heavy atom. The summed E-state index contributed by atoms with van der Waals surface area (Å²) in [6, 6.07) is 9.37. The molecule has 4 nitrogen and oxygen atoms in total. The Labute approximate surface area is 95.8 Å². The molecule has 0 saturated heterocycles. The van der Waals surface area contributed by atoms with Crippen LogP contribution in [0.2, 0.25) is 0 Å². The number of carbonyl (C=O) groups is 1. The number of hydrogen-bond donors (Lipinski definition) is 2. The van der Waals surface area contributed by atoms with Crippen LogP contribution in [-0.4, -0.2) is 25.2 Å². The van der Waals surface area contributed by atoms with E-state index in [-0.39, 0.29) is 6.10 Å². The first-order valence-corrected chi connectivity index (χ1v) is 5.24. The monoisotopic (exact) mass is 222 g/mol. The highest BCUT2D eigenvalue weighted by Gasteiger charge is 2.21. The molecule has 0 heterocycles. The molecule has 0 aromatic heterocycles. The van der Waals surface area contributed by atoms with E-state index in [2.05, 4.69) is 5.32 Å². The SMILES string of the molecule is COC(C)C(NCc1ccccc1)C(N)=O. The summed E-state index contributed by atoms with van der Waals surface area (Å²) in [6.07, 6.45) is -0.235. The lowest BCUT2D eigenvalue weighted by molar-refractivity contribution is -0.123. The van der Waals surface area contributed by atoms with Crippen LogP contribution in [-0.2, 0) is 16.1 Å². The maximum absolute atomic E-state index is 11.2. The van der Waals surface area contributed by atoms with E-state index in [0.717, 1.165) is 5.56 Å². The Hall–Kier alpha value is -1.39. The number of nitrogens with two attached hydrogens (primary N) is 1. The summed E-state index contributed by atoms with van der Waals surface area (Å²) in [5.74, 6) is -0.398. The van der Waals surface area contributed by atoms with Gasteiger partial charge < -0.3 is 10.5 Å². The topological polar surface area (TPSA) is 64.3 Å². The van der Waals surface area contributed by atoms with Crippen molar-refractivity contribution in [1.29, 1.82) is 0 Å². The van der Waals surface area contributed by atoms with Gasteiger partial charge in [0, 0.05) is 13.7 Å². The third-order valence-electron chi connectivity index (χ3n) is 2.52. The molecule has 0 radical (unpaired) electrons. The van der Waals surface area contributed by atoms with Gasteiger partial charge in [-0.15, -0.1) is 0 Å². The van der Waals surface area contributed by atoms with Gasteiger partial charge in [-0.3, -0.25) is 10.1 Å². The van der Waals surface area contributed by atoms with E-state index in [9.17, 15) is 4.79 Å². The quantitative estimate of drug-likeness (QED) is 0.743. The molecule has 4 heteroatoms. The number of benzene rings is 1. The maximum atomic E-state index is 11.2. The number of methoxy groups -OCH3 is 1. The van der Waals surface area contributed by atoms with Crippen molar-refractivity contribution in [3.8, 4) is 0 Å². The van der Waals surface area contributed by atoms with Gasteiger partial charge in [0.2, 0.25) is 5.91 Å². The van der Waals surface area contributed by atoms with Crippen molar-refractivity contribution in [2.75, 3.05) is 7.11 Å². The van der Waals surface area contributed by atoms with Crippen LogP contribution in [0.15, 0.2) is 30.3 Å². The minimum absolute atomic E-state index is 0.235. The molecule has 0 aliphatic rings. The van der Waals surface area contributed by atoms with Crippen LogP contribution < -0.4 is 11.1 Å². The Morgan fingerprint density at radius 3 is 2.56 bits per heavy atom. The molecule has 0 saturated carbocycles. The number of primary amides is 1. The third-order valence-corrected chi connectivity index (χ3v) is 2.52. The minimum Gasteiger partial charge on any atom is -0.380 e. The van der Waals surface area contributed by atoms with Gasteiger partial charge in [0.15, 0.2) is 0 Å². The van der Waals surface area contributed by atoms with Gasteiger partial charge in [-0.2, -0.15) is 0 Å². The first kappa shape index (κ1) is 12.7. The highest BCUT2D eigenvalue weighted by atomic mass is 16.5. The van der Waals surface area contributed by atoms with Crippen LogP contribution in [0, 0.1) is 0 Å². The number of ether oxygens (including phenoxy) is 1. The van der Waals surface area contributed by atoms with E-state index in [1.807, 2.05) is 37.3 Å². The Kier molecular flexibility index (Phi) is 4.95. The van der Waals surface area contributed by atoms with Gasteiger partial charge in [0.05, 0.1) is 6.10 Å². The smallest absolute Gasteiger partial charge is 0.237 e. The van der Waals surface area contributed by atoms with Gasteiger partial charge in [0.1, 0.15) is 6.04 Å². The fourth-order valence-corrected chi connectivity index (χ4v) is 1.46. The van der Waals surface area contributed by atoms with E-state index < -0.39 is 11.9 Å². The van der Waals surface area contributed by atoms with E-state index in [1.165, 1.54) is 0 Å². The van der Waals surface area contributed by atoms with Gasteiger partial charge in [-0.25, -0.2) is 0 Å². The standard InChI is InChI=1S/C12H18N2O2/c1-9(16-2)11(12(13)15)14-8-10-6-4-3-5-7-10/h3-7,9,11,14H,8H2,1-2H3,(H2,13,15). The lowest BCUT2D eigenvalue weighted by Gasteiger charge is -2.21. The summed E-state index contributed by atoms with van der Waals surface area (Å²) in [6.45, 7) is 2.41. The fourth-order valence-electron chi connectivity index (χ4n) is 1.46. The molecule has 2 atom stereocenters. The molecule has 1 amide bonds. The number of amides is 1. The molecule has 0 aliphatic carbocycles. The second-order valence-corrected chi connectivity index (χ2v) is 3.69. The summed E-state index contributed by atoms with van der Waals surface area (Å²) < 4.78 is 5.10. The Balaban J connectivity index is 2.54. The summed E-state index contributed by atoms with van der Waals surface area (Å²) in [5, 5.41) is 3.09. The number of hydrogen-bond acceptors (Lipinski definition) is 3. The predicted octanol–water partition coefficient (Wildman–Crippen LogP) is 0.665. The van der Waals surface area contributed by atoms with Gasteiger partial charge in [-0.05, 0) is 12.5 Å². The van der Waals surface area contributed by atoms with Crippen LogP contribution in [0.5, 0.6) is 0 Å². The molecule has 1 rings (SSSR count). The first-order valence-electron chi connectivity index (χ1n) is 5.24. The van der Waals surface area contributed by atoms with Crippen molar-refractivity contribution in [3.63, 3.8) is 0 Å². The van der Waals surface area contributed by atoms with E-state index in [4.69, 9.17) is 10.5 Å². The molecular formula is C12H18N2O2. The molecule has 88 valence electrons. The molecular weight excluding hydrogens is 204 g/mol. The predicted molar refractivity (Wildman–Crippen MR) is 62.7 cm³/mol. The first-order chi connectivity index (χ1) is 7.65. The zero-order valence-corrected chi connectivity index (χ0v) is 9.64. The van der Waals surface area contributed by atoms with Crippen LogP contribution in [0.4, 0.5) is 0 Å². The summed E-state index contributed by atoms with van der Waals surface area (Å²) in [4.78, 5) is 11.2. The largest absolute Gasteiger partial charge is 0.380 e. The van der Waals surface area contributed by atoms with Crippen molar-refractivity contribution < 1.29 is 9.53 Å². The van der Waals surface area contributed by atoms with Gasteiger partial charge in [-0.1, -0.05) is 30.3 Å². The molecule has 2 unspecified atom stereocenters. The second-order valence-electron chi connectivity index (χ2n) is 3.69. The number of nitrogens with one attached hydrogen (secondary N) is 1. The molecule has 0 aliphatic heterocycles. The second kappa shape index (κ2) is 6.25. The van der Waals surface area contributed by atoms with Crippen molar-refractivity contribution in [3.05, 3.63) is 35.9 Å². The normalized spacial score (nSPS) is 14.4. The van der Waals surface area contributed by atoms with Crippen molar-refractivity contribution >= 4 is 5.91 Å². The minimum atomic E-state index is -0.467. The van der Waals surface area contributed by atoms with Crippen molar-refractivity contribution in [2.45, 2.75) is 25.6 Å². The average molecular weight is 222 g/mol. The maximum Gasteiger partial charge on any atom is 0.237 e. The molecule has 0 bridgehead atoms. The Morgan fingerprint density at radius 2 is 2.06 bits per heavy atom. The van der Waals surface area contributed by atoms with Crippen LogP contribution in [0.3, 0.4) is 0 Å². The molecule has 16 heavy (non-hydrogen) atoms. The van der Waals surface area contributed by atoms with Crippen LogP contribution in [0.1, 0.15) is 12.5 Å². The zero-order valence-electron chi connectivity index (χ0n) is 9.64.